The lowest BCUT2D eigenvalue weighted by atomic mass is 10.6. The molecule has 1 aromatic heterocycles. The van der Waals surface area contributed by atoms with Crippen LogP contribution in [0.2, 0.25) is 0 Å². The van der Waals surface area contributed by atoms with Crippen molar-refractivity contribution in [1.82, 2.24) is 4.98 Å². The number of rotatable bonds is 5. The Hall–Kier alpha value is -1.15. The number of sulfone groups is 1. The van der Waals surface area contributed by atoms with Gasteiger partial charge in [-0.1, -0.05) is 11.3 Å². The molecule has 0 aliphatic rings. The summed E-state index contributed by atoms with van der Waals surface area (Å²) in [6.07, 6.45) is 2.60. The maximum absolute atomic E-state index is 11.2. The van der Waals surface area contributed by atoms with E-state index in [9.17, 15) is 13.2 Å². The first-order valence-corrected chi connectivity index (χ1v) is 7.64. The van der Waals surface area contributed by atoms with Crippen molar-refractivity contribution in [2.45, 2.75) is 0 Å². The second-order valence-corrected chi connectivity index (χ2v) is 6.82. The van der Waals surface area contributed by atoms with Gasteiger partial charge in [-0.25, -0.2) is 18.2 Å². The van der Waals surface area contributed by atoms with Crippen LogP contribution in [0.5, 0.6) is 0 Å². The Balaban J connectivity index is 2.67. The van der Waals surface area contributed by atoms with Crippen molar-refractivity contribution in [3.63, 3.8) is 0 Å². The van der Waals surface area contributed by atoms with Gasteiger partial charge in [0.2, 0.25) is 0 Å². The van der Waals surface area contributed by atoms with E-state index in [0.717, 1.165) is 0 Å². The summed E-state index contributed by atoms with van der Waals surface area (Å²) in [4.78, 5) is 17.3. The highest BCUT2D eigenvalue weighted by molar-refractivity contribution is 7.90. The molecule has 17 heavy (non-hydrogen) atoms. The Morgan fingerprint density at radius 1 is 1.59 bits per heavy atom. The van der Waals surface area contributed by atoms with E-state index in [2.05, 4.69) is 9.72 Å². The molecule has 0 N–H and O–H groups in total. The quantitative estimate of drug-likeness (QED) is 0.726. The van der Waals surface area contributed by atoms with E-state index in [4.69, 9.17) is 0 Å². The zero-order valence-electron chi connectivity index (χ0n) is 9.84. The van der Waals surface area contributed by atoms with E-state index in [1.165, 1.54) is 30.9 Å². The van der Waals surface area contributed by atoms with Gasteiger partial charge in [0.25, 0.3) is 0 Å². The average molecular weight is 278 g/mol. The second-order valence-electron chi connectivity index (χ2n) is 3.55. The molecular formula is C9H14N2O4S2. The minimum absolute atomic E-state index is 0.0522. The smallest absolute Gasteiger partial charge is 0.349 e. The number of methoxy groups -OCH3 is 1. The molecule has 96 valence electrons. The minimum Gasteiger partial charge on any atom is -0.465 e. The molecule has 8 heteroatoms. The summed E-state index contributed by atoms with van der Waals surface area (Å²) in [6.45, 7) is 0.340. The van der Waals surface area contributed by atoms with E-state index in [0.29, 0.717) is 16.6 Å². The van der Waals surface area contributed by atoms with E-state index in [1.54, 1.807) is 11.9 Å². The summed E-state index contributed by atoms with van der Waals surface area (Å²) in [7, 11) is 0.0301. The van der Waals surface area contributed by atoms with Gasteiger partial charge in [-0.3, -0.25) is 0 Å². The van der Waals surface area contributed by atoms with Gasteiger partial charge in [-0.05, 0) is 0 Å². The summed E-state index contributed by atoms with van der Waals surface area (Å²) < 4.78 is 26.6. The van der Waals surface area contributed by atoms with Gasteiger partial charge in [0.05, 0.1) is 19.1 Å². The highest BCUT2D eigenvalue weighted by Crippen LogP contribution is 2.21. The van der Waals surface area contributed by atoms with Crippen molar-refractivity contribution in [2.75, 3.05) is 37.6 Å². The molecule has 0 bridgehead atoms. The van der Waals surface area contributed by atoms with Gasteiger partial charge in [0.15, 0.2) is 5.13 Å². The van der Waals surface area contributed by atoms with Crippen molar-refractivity contribution >= 4 is 32.3 Å². The lowest BCUT2D eigenvalue weighted by molar-refractivity contribution is 0.0606. The van der Waals surface area contributed by atoms with E-state index >= 15 is 0 Å². The number of thiazole rings is 1. The predicted molar refractivity (Wildman–Crippen MR) is 66.4 cm³/mol. The SMILES string of the molecule is COC(=O)c1cnc(N(C)CCS(C)(=O)=O)s1. The number of nitrogens with zero attached hydrogens (tertiary/aromatic N) is 2. The van der Waals surface area contributed by atoms with Crippen LogP contribution >= 0.6 is 11.3 Å². The molecule has 1 aromatic rings. The monoisotopic (exact) mass is 278 g/mol. The fraction of sp³-hybridized carbons (Fsp3) is 0.556. The number of esters is 1. The number of carbonyl (C=O) groups excluding carboxylic acids is 1. The molecule has 6 nitrogen and oxygen atoms in total. The number of anilines is 1. The third-order valence-electron chi connectivity index (χ3n) is 2.00. The molecule has 0 aliphatic heterocycles. The first-order chi connectivity index (χ1) is 7.83. The van der Waals surface area contributed by atoms with Crippen LogP contribution in [-0.4, -0.2) is 52.1 Å². The minimum atomic E-state index is -3.00. The van der Waals surface area contributed by atoms with E-state index in [-0.39, 0.29) is 5.75 Å². The van der Waals surface area contributed by atoms with Crippen LogP contribution in [0.3, 0.4) is 0 Å². The zero-order chi connectivity index (χ0) is 13.1. The molecule has 0 saturated carbocycles. The number of aromatic nitrogens is 1. The van der Waals surface area contributed by atoms with Gasteiger partial charge in [-0.2, -0.15) is 0 Å². The summed E-state index contributed by atoms with van der Waals surface area (Å²) >= 11 is 1.17. The van der Waals surface area contributed by atoms with E-state index in [1.807, 2.05) is 0 Å². The fourth-order valence-electron chi connectivity index (χ4n) is 1.03. The maximum Gasteiger partial charge on any atom is 0.349 e. The first-order valence-electron chi connectivity index (χ1n) is 4.76. The van der Waals surface area contributed by atoms with Crippen molar-refractivity contribution in [3.8, 4) is 0 Å². The molecule has 1 heterocycles. The standard InChI is InChI=1S/C9H14N2O4S2/c1-11(4-5-17(3,13)14)9-10-6-7(16-9)8(12)15-2/h6H,4-5H2,1-3H3. The maximum atomic E-state index is 11.2. The van der Waals surface area contributed by atoms with Gasteiger partial charge >= 0.3 is 5.97 Å². The molecule has 0 atom stereocenters. The highest BCUT2D eigenvalue weighted by Gasteiger charge is 2.14. The van der Waals surface area contributed by atoms with Crippen LogP contribution in [0.1, 0.15) is 9.67 Å². The molecule has 0 radical (unpaired) electrons. The van der Waals surface area contributed by atoms with Crippen molar-refractivity contribution in [3.05, 3.63) is 11.1 Å². The van der Waals surface area contributed by atoms with Crippen molar-refractivity contribution < 1.29 is 17.9 Å². The van der Waals surface area contributed by atoms with Crippen molar-refractivity contribution in [2.24, 2.45) is 0 Å². The van der Waals surface area contributed by atoms with Crippen LogP contribution in [0.25, 0.3) is 0 Å². The first kappa shape index (κ1) is 13.9. The molecule has 1 rings (SSSR count). The Labute approximate surface area is 104 Å². The third-order valence-corrected chi connectivity index (χ3v) is 4.02. The number of ether oxygens (including phenoxy) is 1. The summed E-state index contributed by atoms with van der Waals surface area (Å²) in [6, 6.07) is 0. The molecule has 0 amide bonds. The molecule has 0 unspecified atom stereocenters. The summed E-state index contributed by atoms with van der Waals surface area (Å²) in [5.74, 6) is -0.387. The lowest BCUT2D eigenvalue weighted by Gasteiger charge is -2.14. The second kappa shape index (κ2) is 5.46. The summed E-state index contributed by atoms with van der Waals surface area (Å²) in [5, 5.41) is 0.592. The predicted octanol–water partition coefficient (Wildman–Crippen LogP) is 0.410. The van der Waals surface area contributed by atoms with Gasteiger partial charge in [0.1, 0.15) is 14.7 Å². The molecule has 0 fully saturated rings. The Morgan fingerprint density at radius 2 is 2.24 bits per heavy atom. The van der Waals surface area contributed by atoms with Crippen molar-refractivity contribution in [1.29, 1.82) is 0 Å². The topological polar surface area (TPSA) is 76.6 Å². The third kappa shape index (κ3) is 4.31. The average Bonchev–Trinajstić information content (AvgIpc) is 2.73. The number of hydrogen-bond donors (Lipinski definition) is 0. The van der Waals surface area contributed by atoms with Crippen LogP contribution in [-0.2, 0) is 14.6 Å². The van der Waals surface area contributed by atoms with Gasteiger partial charge < -0.3 is 9.64 Å². The molecule has 0 aliphatic carbocycles. The normalized spacial score (nSPS) is 11.2. The lowest BCUT2D eigenvalue weighted by Crippen LogP contribution is -2.24. The Bertz CT molecular complexity index is 495. The highest BCUT2D eigenvalue weighted by atomic mass is 32.2. The Morgan fingerprint density at radius 3 is 2.76 bits per heavy atom. The molecule has 0 saturated heterocycles. The fourth-order valence-corrected chi connectivity index (χ4v) is 2.46. The molecule has 0 spiro atoms. The number of hydrogen-bond acceptors (Lipinski definition) is 7. The Kier molecular flexibility index (Phi) is 4.47. The van der Waals surface area contributed by atoms with Crippen LogP contribution in [0.4, 0.5) is 5.13 Å². The van der Waals surface area contributed by atoms with Crippen LogP contribution in [0.15, 0.2) is 6.20 Å². The molecular weight excluding hydrogens is 264 g/mol. The number of carbonyl (C=O) groups is 1. The summed E-state index contributed by atoms with van der Waals surface area (Å²) in [5.41, 5.74) is 0. The van der Waals surface area contributed by atoms with Crippen LogP contribution < -0.4 is 4.90 Å². The zero-order valence-corrected chi connectivity index (χ0v) is 11.5. The van der Waals surface area contributed by atoms with Gasteiger partial charge in [0, 0.05) is 19.8 Å². The molecule has 0 aromatic carbocycles. The van der Waals surface area contributed by atoms with Crippen LogP contribution in [0, 0.1) is 0 Å². The largest absolute Gasteiger partial charge is 0.465 e. The van der Waals surface area contributed by atoms with E-state index < -0.39 is 15.8 Å². The van der Waals surface area contributed by atoms with Gasteiger partial charge in [-0.15, -0.1) is 0 Å².